The van der Waals surface area contributed by atoms with Crippen LogP contribution in [0.4, 0.5) is 0 Å². The second-order valence-corrected chi connectivity index (χ2v) is 12.3. The molecule has 0 radical (unpaired) electrons. The first-order valence-corrected chi connectivity index (χ1v) is 13.8. The van der Waals surface area contributed by atoms with Crippen molar-refractivity contribution in [2.24, 2.45) is 0 Å². The van der Waals surface area contributed by atoms with Crippen molar-refractivity contribution in [3.05, 3.63) is 101 Å². The highest BCUT2D eigenvalue weighted by Gasteiger charge is 2.31. The number of nitrogens with zero attached hydrogens (tertiary/aromatic N) is 2. The quantitative estimate of drug-likeness (QED) is 0.484. The summed E-state index contributed by atoms with van der Waals surface area (Å²) in [6, 6.07) is 15.5. The number of rotatable bonds is 7. The van der Waals surface area contributed by atoms with Crippen LogP contribution in [0, 0.1) is 6.92 Å². The van der Waals surface area contributed by atoms with Crippen molar-refractivity contribution >= 4 is 15.4 Å². The molecule has 1 aromatic heterocycles. The molecule has 6 heteroatoms. The Balaban J connectivity index is 1.64. The van der Waals surface area contributed by atoms with Gasteiger partial charge in [-0.3, -0.25) is 0 Å². The topological polar surface area (TPSA) is 72.2 Å². The van der Waals surface area contributed by atoms with Crippen LogP contribution in [0.1, 0.15) is 55.4 Å². The lowest BCUT2D eigenvalue weighted by Crippen LogP contribution is -2.30. The molecule has 0 aliphatic heterocycles. The van der Waals surface area contributed by atoms with E-state index in [1.807, 2.05) is 12.3 Å². The van der Waals surface area contributed by atoms with Crippen LogP contribution in [-0.2, 0) is 33.8 Å². The van der Waals surface area contributed by atoms with Gasteiger partial charge in [-0.1, -0.05) is 54.6 Å². The average molecular weight is 491 g/mol. The molecular weight excluding hydrogens is 456 g/mol. The van der Waals surface area contributed by atoms with Gasteiger partial charge in [-0.25, -0.2) is 13.4 Å². The van der Waals surface area contributed by atoms with Gasteiger partial charge in [0.2, 0.25) is 0 Å². The lowest BCUT2D eigenvalue weighted by Gasteiger charge is -2.32. The SMILES string of the molecule is Cc1ccccc1CCc1nc(C(C)(C)O)cn1C1(C)C=CC(c2cccc(S(C)(=O)=O)c2)=CC1. The number of aryl methyl sites for hydroxylation is 3. The minimum absolute atomic E-state index is 0.320. The molecule has 0 amide bonds. The van der Waals surface area contributed by atoms with Crippen molar-refractivity contribution in [3.63, 3.8) is 0 Å². The predicted octanol–water partition coefficient (Wildman–Crippen LogP) is 5.37. The fraction of sp³-hybridized carbons (Fsp3) is 0.345. The van der Waals surface area contributed by atoms with Crippen molar-refractivity contribution < 1.29 is 13.5 Å². The molecule has 0 saturated heterocycles. The summed E-state index contributed by atoms with van der Waals surface area (Å²) in [7, 11) is -3.27. The summed E-state index contributed by atoms with van der Waals surface area (Å²) in [6.45, 7) is 7.81. The van der Waals surface area contributed by atoms with E-state index in [1.165, 1.54) is 17.4 Å². The van der Waals surface area contributed by atoms with Crippen molar-refractivity contribution in [2.75, 3.05) is 6.26 Å². The maximum Gasteiger partial charge on any atom is 0.175 e. The highest BCUT2D eigenvalue weighted by Crippen LogP contribution is 2.35. The standard InChI is InChI=1S/C29H34N2O3S/c1-21-9-6-7-10-22(21)13-14-27-30-26(28(2,3)32)20-31(27)29(4)17-15-23(16-18-29)24-11-8-12-25(19-24)35(5,33)34/h6-12,15-17,19-20,32H,13-14,18H2,1-5H3. The van der Waals surface area contributed by atoms with Crippen LogP contribution in [0.15, 0.2) is 77.9 Å². The molecule has 1 heterocycles. The van der Waals surface area contributed by atoms with Gasteiger partial charge < -0.3 is 9.67 Å². The van der Waals surface area contributed by atoms with Gasteiger partial charge >= 0.3 is 0 Å². The molecule has 0 spiro atoms. The molecule has 35 heavy (non-hydrogen) atoms. The number of aromatic nitrogens is 2. The van der Waals surface area contributed by atoms with Crippen LogP contribution in [0.2, 0.25) is 0 Å². The number of benzene rings is 2. The number of allylic oxidation sites excluding steroid dienone is 4. The summed E-state index contributed by atoms with van der Waals surface area (Å²) in [5.41, 5.74) is 3.71. The summed E-state index contributed by atoms with van der Waals surface area (Å²) >= 11 is 0. The van der Waals surface area contributed by atoms with Crippen LogP contribution in [0.5, 0.6) is 0 Å². The van der Waals surface area contributed by atoms with E-state index in [0.717, 1.165) is 36.2 Å². The molecule has 2 aromatic carbocycles. The van der Waals surface area contributed by atoms with E-state index in [-0.39, 0.29) is 5.54 Å². The van der Waals surface area contributed by atoms with Crippen LogP contribution in [-0.4, -0.2) is 29.3 Å². The van der Waals surface area contributed by atoms with E-state index in [1.54, 1.807) is 32.0 Å². The number of hydrogen-bond donors (Lipinski definition) is 1. The largest absolute Gasteiger partial charge is 0.384 e. The van der Waals surface area contributed by atoms with E-state index in [0.29, 0.717) is 10.6 Å². The Morgan fingerprint density at radius 1 is 1.11 bits per heavy atom. The van der Waals surface area contributed by atoms with Gasteiger partial charge in [-0.2, -0.15) is 0 Å². The van der Waals surface area contributed by atoms with Crippen LogP contribution < -0.4 is 0 Å². The molecule has 1 aliphatic rings. The molecule has 0 fully saturated rings. The summed E-state index contributed by atoms with van der Waals surface area (Å²) in [4.78, 5) is 5.17. The first-order valence-electron chi connectivity index (χ1n) is 11.9. The Bertz CT molecular complexity index is 1410. The van der Waals surface area contributed by atoms with Gasteiger partial charge in [-0.15, -0.1) is 0 Å². The molecule has 184 valence electrons. The van der Waals surface area contributed by atoms with Crippen LogP contribution >= 0.6 is 0 Å². The number of imidazole rings is 1. The minimum atomic E-state index is -3.27. The molecule has 1 N–H and O–H groups in total. The first kappa shape index (κ1) is 25.1. The third-order valence-corrected chi connectivity index (χ3v) is 7.90. The molecule has 1 aliphatic carbocycles. The van der Waals surface area contributed by atoms with Crippen molar-refractivity contribution in [2.45, 2.75) is 63.0 Å². The Morgan fingerprint density at radius 3 is 2.49 bits per heavy atom. The Labute approximate surface area is 208 Å². The number of sulfone groups is 1. The number of aliphatic hydroxyl groups is 1. The maximum absolute atomic E-state index is 12.0. The lowest BCUT2D eigenvalue weighted by molar-refractivity contribution is 0.0740. The van der Waals surface area contributed by atoms with Crippen molar-refractivity contribution in [3.8, 4) is 0 Å². The Hall–Kier alpha value is -2.96. The van der Waals surface area contributed by atoms with Crippen LogP contribution in [0.3, 0.4) is 0 Å². The Morgan fingerprint density at radius 2 is 1.86 bits per heavy atom. The normalized spacial score (nSPS) is 18.5. The molecule has 5 nitrogen and oxygen atoms in total. The smallest absolute Gasteiger partial charge is 0.175 e. The number of hydrogen-bond acceptors (Lipinski definition) is 4. The van der Waals surface area contributed by atoms with E-state index in [4.69, 9.17) is 4.98 Å². The second kappa shape index (κ2) is 9.25. The second-order valence-electron chi connectivity index (χ2n) is 10.3. The zero-order chi connectivity index (χ0) is 25.4. The highest BCUT2D eigenvalue weighted by molar-refractivity contribution is 7.90. The van der Waals surface area contributed by atoms with E-state index in [9.17, 15) is 13.5 Å². The molecule has 0 bridgehead atoms. The molecule has 3 aromatic rings. The van der Waals surface area contributed by atoms with Crippen LogP contribution in [0.25, 0.3) is 5.57 Å². The van der Waals surface area contributed by atoms with Gasteiger partial charge in [0.15, 0.2) is 9.84 Å². The molecular formula is C29H34N2O3S. The monoisotopic (exact) mass is 490 g/mol. The molecule has 4 rings (SSSR count). The van der Waals surface area contributed by atoms with E-state index < -0.39 is 15.4 Å². The fourth-order valence-corrected chi connectivity index (χ4v) is 5.16. The van der Waals surface area contributed by atoms with E-state index in [2.05, 4.69) is 60.9 Å². The lowest BCUT2D eigenvalue weighted by atomic mass is 9.87. The Kier molecular flexibility index (Phi) is 6.64. The van der Waals surface area contributed by atoms with Gasteiger partial charge in [0, 0.05) is 18.9 Å². The average Bonchev–Trinajstić information content (AvgIpc) is 3.25. The summed E-state index contributed by atoms with van der Waals surface area (Å²) in [6.07, 6.45) is 11.9. The zero-order valence-electron chi connectivity index (χ0n) is 21.1. The molecule has 1 unspecified atom stereocenters. The maximum atomic E-state index is 12.0. The van der Waals surface area contributed by atoms with Gasteiger partial charge in [0.1, 0.15) is 11.4 Å². The fourth-order valence-electron chi connectivity index (χ4n) is 4.49. The first-order chi connectivity index (χ1) is 16.4. The van der Waals surface area contributed by atoms with E-state index >= 15 is 0 Å². The highest BCUT2D eigenvalue weighted by atomic mass is 32.2. The predicted molar refractivity (Wildman–Crippen MR) is 141 cm³/mol. The minimum Gasteiger partial charge on any atom is -0.384 e. The summed E-state index contributed by atoms with van der Waals surface area (Å²) in [5, 5.41) is 10.7. The van der Waals surface area contributed by atoms with Gasteiger partial charge in [0.05, 0.1) is 16.1 Å². The summed E-state index contributed by atoms with van der Waals surface area (Å²) < 4.78 is 26.2. The molecule has 1 atom stereocenters. The third-order valence-electron chi connectivity index (χ3n) is 6.79. The summed E-state index contributed by atoms with van der Waals surface area (Å²) in [5.74, 6) is 0.938. The van der Waals surface area contributed by atoms with Crippen molar-refractivity contribution in [1.82, 2.24) is 9.55 Å². The third kappa shape index (κ3) is 5.49. The molecule has 0 saturated carbocycles. The van der Waals surface area contributed by atoms with Crippen molar-refractivity contribution in [1.29, 1.82) is 0 Å². The van der Waals surface area contributed by atoms with Gasteiger partial charge in [-0.05, 0) is 74.9 Å². The zero-order valence-corrected chi connectivity index (χ0v) is 21.9. The van der Waals surface area contributed by atoms with Gasteiger partial charge in [0.25, 0.3) is 0 Å².